The SMILES string of the molecule is COCCNC(=O)C(c1ccccc1)N(C(=O)Cn1nnc2ccccc21)c1ccc(C)cc1. The van der Waals surface area contributed by atoms with Crippen molar-refractivity contribution in [3.63, 3.8) is 0 Å². The van der Waals surface area contributed by atoms with Gasteiger partial charge >= 0.3 is 0 Å². The lowest BCUT2D eigenvalue weighted by atomic mass is 10.0. The van der Waals surface area contributed by atoms with E-state index in [1.165, 1.54) is 4.90 Å². The largest absolute Gasteiger partial charge is 0.383 e. The number of rotatable bonds is 9. The van der Waals surface area contributed by atoms with E-state index in [9.17, 15) is 9.59 Å². The van der Waals surface area contributed by atoms with Gasteiger partial charge < -0.3 is 10.1 Å². The zero-order valence-corrected chi connectivity index (χ0v) is 19.2. The van der Waals surface area contributed by atoms with Crippen molar-refractivity contribution in [1.29, 1.82) is 0 Å². The second-order valence-electron chi connectivity index (χ2n) is 7.93. The number of benzene rings is 3. The van der Waals surface area contributed by atoms with Gasteiger partial charge in [-0.1, -0.05) is 65.4 Å². The van der Waals surface area contributed by atoms with Gasteiger partial charge in [-0.25, -0.2) is 4.68 Å². The van der Waals surface area contributed by atoms with Crippen LogP contribution in [0.3, 0.4) is 0 Å². The van der Waals surface area contributed by atoms with E-state index in [2.05, 4.69) is 15.6 Å². The number of anilines is 1. The van der Waals surface area contributed by atoms with E-state index in [0.717, 1.165) is 11.1 Å². The third kappa shape index (κ3) is 5.13. The highest BCUT2D eigenvalue weighted by molar-refractivity contribution is 6.01. The number of para-hydroxylation sites is 1. The third-order valence-corrected chi connectivity index (χ3v) is 5.51. The first-order chi connectivity index (χ1) is 16.6. The number of nitrogens with zero attached hydrogens (tertiary/aromatic N) is 4. The number of hydrogen-bond acceptors (Lipinski definition) is 5. The minimum absolute atomic E-state index is 0.0664. The van der Waals surface area contributed by atoms with Crippen molar-refractivity contribution in [3.8, 4) is 0 Å². The molecule has 2 amide bonds. The number of ether oxygens (including phenoxy) is 1. The number of carbonyl (C=O) groups excluding carboxylic acids is 2. The number of methoxy groups -OCH3 is 1. The fourth-order valence-electron chi connectivity index (χ4n) is 3.81. The summed E-state index contributed by atoms with van der Waals surface area (Å²) in [6.45, 7) is 2.62. The smallest absolute Gasteiger partial charge is 0.249 e. The molecule has 1 atom stereocenters. The third-order valence-electron chi connectivity index (χ3n) is 5.51. The lowest BCUT2D eigenvalue weighted by molar-refractivity contribution is -0.127. The molecule has 0 fully saturated rings. The molecule has 0 saturated carbocycles. The minimum atomic E-state index is -0.872. The van der Waals surface area contributed by atoms with Gasteiger partial charge in [0, 0.05) is 19.3 Å². The number of aryl methyl sites for hydroxylation is 1. The molecule has 1 aromatic heterocycles. The highest BCUT2D eigenvalue weighted by Gasteiger charge is 2.33. The second kappa shape index (κ2) is 10.7. The molecular weight excluding hydrogens is 430 g/mol. The summed E-state index contributed by atoms with van der Waals surface area (Å²) >= 11 is 0. The summed E-state index contributed by atoms with van der Waals surface area (Å²) in [7, 11) is 1.57. The lowest BCUT2D eigenvalue weighted by Crippen LogP contribution is -2.46. The molecule has 1 heterocycles. The van der Waals surface area contributed by atoms with Crippen LogP contribution in [0.4, 0.5) is 5.69 Å². The van der Waals surface area contributed by atoms with E-state index in [1.807, 2.05) is 85.8 Å². The maximum Gasteiger partial charge on any atom is 0.249 e. The highest BCUT2D eigenvalue weighted by Crippen LogP contribution is 2.29. The number of carbonyl (C=O) groups is 2. The van der Waals surface area contributed by atoms with Crippen molar-refractivity contribution in [2.24, 2.45) is 0 Å². The van der Waals surface area contributed by atoms with Gasteiger partial charge in [0.1, 0.15) is 18.1 Å². The van der Waals surface area contributed by atoms with Gasteiger partial charge in [0.25, 0.3) is 0 Å². The first-order valence-electron chi connectivity index (χ1n) is 11.1. The van der Waals surface area contributed by atoms with Gasteiger partial charge in [-0.3, -0.25) is 14.5 Å². The maximum absolute atomic E-state index is 13.8. The van der Waals surface area contributed by atoms with Crippen LogP contribution in [0.1, 0.15) is 17.2 Å². The average molecular weight is 458 g/mol. The molecule has 3 aromatic carbocycles. The highest BCUT2D eigenvalue weighted by atomic mass is 16.5. The Balaban J connectivity index is 1.75. The molecule has 1 unspecified atom stereocenters. The fourth-order valence-corrected chi connectivity index (χ4v) is 3.81. The molecule has 0 aliphatic rings. The average Bonchev–Trinajstić information content (AvgIpc) is 3.26. The van der Waals surface area contributed by atoms with Crippen LogP contribution >= 0.6 is 0 Å². The van der Waals surface area contributed by atoms with Crippen LogP contribution in [0.25, 0.3) is 11.0 Å². The normalized spacial score (nSPS) is 11.8. The molecular formula is C26H27N5O3. The Morgan fingerprint density at radius 2 is 1.71 bits per heavy atom. The molecule has 0 radical (unpaired) electrons. The first-order valence-corrected chi connectivity index (χ1v) is 11.1. The number of amides is 2. The Kier molecular flexibility index (Phi) is 7.29. The topological polar surface area (TPSA) is 89.4 Å². The van der Waals surface area contributed by atoms with Crippen LogP contribution in [0.15, 0.2) is 78.9 Å². The Labute approximate surface area is 198 Å². The summed E-state index contributed by atoms with van der Waals surface area (Å²) in [6.07, 6.45) is 0. The second-order valence-corrected chi connectivity index (χ2v) is 7.93. The molecule has 1 N–H and O–H groups in total. The van der Waals surface area contributed by atoms with E-state index in [1.54, 1.807) is 11.8 Å². The fraction of sp³-hybridized carbons (Fsp3) is 0.231. The van der Waals surface area contributed by atoms with E-state index in [-0.39, 0.29) is 18.4 Å². The standard InChI is InChI=1S/C26H27N5O3/c1-19-12-14-21(15-13-19)31(24(32)18-30-23-11-7-6-10-22(23)28-29-30)25(20-8-4-3-5-9-20)26(33)27-16-17-34-2/h3-15,25H,16-18H2,1-2H3,(H,27,33). The number of aromatic nitrogens is 3. The summed E-state index contributed by atoms with van der Waals surface area (Å²) in [5.74, 6) is -0.573. The molecule has 34 heavy (non-hydrogen) atoms. The van der Waals surface area contributed by atoms with Crippen molar-refractivity contribution in [3.05, 3.63) is 90.0 Å². The molecule has 8 nitrogen and oxygen atoms in total. The molecule has 0 saturated heterocycles. The predicted octanol–water partition coefficient (Wildman–Crippen LogP) is 3.28. The van der Waals surface area contributed by atoms with Crippen molar-refractivity contribution < 1.29 is 14.3 Å². The number of fused-ring (bicyclic) bond motifs is 1. The summed E-state index contributed by atoms with van der Waals surface area (Å²) in [6, 6.07) is 23.4. The quantitative estimate of drug-likeness (QED) is 0.390. The molecule has 174 valence electrons. The number of hydrogen-bond donors (Lipinski definition) is 1. The molecule has 0 bridgehead atoms. The monoisotopic (exact) mass is 457 g/mol. The van der Waals surface area contributed by atoms with E-state index in [0.29, 0.717) is 29.9 Å². The Morgan fingerprint density at radius 1 is 1.00 bits per heavy atom. The van der Waals surface area contributed by atoms with Crippen molar-refractivity contribution in [2.45, 2.75) is 19.5 Å². The van der Waals surface area contributed by atoms with Gasteiger partial charge in [0.2, 0.25) is 11.8 Å². The lowest BCUT2D eigenvalue weighted by Gasteiger charge is -2.31. The maximum atomic E-state index is 13.8. The molecule has 0 aliphatic carbocycles. The number of nitrogens with one attached hydrogen (secondary N) is 1. The van der Waals surface area contributed by atoms with Crippen LogP contribution in [0, 0.1) is 6.92 Å². The Hall–Kier alpha value is -4.04. The summed E-state index contributed by atoms with van der Waals surface area (Å²) in [4.78, 5) is 28.8. The summed E-state index contributed by atoms with van der Waals surface area (Å²) < 4.78 is 6.64. The van der Waals surface area contributed by atoms with Crippen molar-refractivity contribution >= 4 is 28.5 Å². The molecule has 0 aliphatic heterocycles. The zero-order chi connectivity index (χ0) is 23.9. The van der Waals surface area contributed by atoms with Crippen molar-refractivity contribution in [1.82, 2.24) is 20.3 Å². The van der Waals surface area contributed by atoms with Gasteiger partial charge in [0.15, 0.2) is 0 Å². The molecule has 4 aromatic rings. The van der Waals surface area contributed by atoms with Gasteiger partial charge in [-0.15, -0.1) is 5.10 Å². The molecule has 4 rings (SSSR count). The summed E-state index contributed by atoms with van der Waals surface area (Å²) in [5.41, 5.74) is 3.83. The van der Waals surface area contributed by atoms with Crippen LogP contribution in [0.2, 0.25) is 0 Å². The van der Waals surface area contributed by atoms with E-state index >= 15 is 0 Å². The predicted molar refractivity (Wildman–Crippen MR) is 130 cm³/mol. The van der Waals surface area contributed by atoms with Crippen LogP contribution in [-0.2, 0) is 20.9 Å². The van der Waals surface area contributed by atoms with Gasteiger partial charge in [0.05, 0.1) is 12.1 Å². The van der Waals surface area contributed by atoms with Crippen LogP contribution in [0.5, 0.6) is 0 Å². The molecule has 8 heteroatoms. The van der Waals surface area contributed by atoms with Crippen LogP contribution in [-0.4, -0.2) is 47.1 Å². The Morgan fingerprint density at radius 3 is 2.44 bits per heavy atom. The van der Waals surface area contributed by atoms with E-state index < -0.39 is 6.04 Å². The van der Waals surface area contributed by atoms with Crippen molar-refractivity contribution in [2.75, 3.05) is 25.2 Å². The van der Waals surface area contributed by atoms with E-state index in [4.69, 9.17) is 4.74 Å². The Bertz CT molecular complexity index is 1250. The summed E-state index contributed by atoms with van der Waals surface area (Å²) in [5, 5.41) is 11.2. The minimum Gasteiger partial charge on any atom is -0.383 e. The molecule has 0 spiro atoms. The zero-order valence-electron chi connectivity index (χ0n) is 19.2. The first kappa shape index (κ1) is 23.1. The van der Waals surface area contributed by atoms with Crippen LogP contribution < -0.4 is 10.2 Å². The van der Waals surface area contributed by atoms with Gasteiger partial charge in [-0.2, -0.15) is 0 Å². The van der Waals surface area contributed by atoms with Gasteiger partial charge in [-0.05, 0) is 36.8 Å².